The highest BCUT2D eigenvalue weighted by Crippen LogP contribution is 2.25. The lowest BCUT2D eigenvalue weighted by atomic mass is 9.92. The number of carbonyl (C=O) groups excluding carboxylic acids is 2. The molecule has 0 spiro atoms. The zero-order chi connectivity index (χ0) is 20.6. The first-order valence-corrected chi connectivity index (χ1v) is 10.1. The molecule has 3 rings (SSSR count). The Balaban J connectivity index is 1.49. The van der Waals surface area contributed by atoms with Gasteiger partial charge in [-0.15, -0.1) is 0 Å². The van der Waals surface area contributed by atoms with Crippen molar-refractivity contribution in [2.24, 2.45) is 5.73 Å². The molecule has 1 aromatic carbocycles. The number of rotatable bonds is 8. The van der Waals surface area contributed by atoms with Crippen LogP contribution in [0.25, 0.3) is 0 Å². The second-order valence-electron chi connectivity index (χ2n) is 7.17. The van der Waals surface area contributed by atoms with Crippen LogP contribution in [-0.4, -0.2) is 35.0 Å². The number of amides is 2. The van der Waals surface area contributed by atoms with Crippen LogP contribution in [0.3, 0.4) is 0 Å². The standard InChI is InChI=1S/C21H25ClN4O3/c22-26-18(13-14-5-2-1-3-6-14)20(28)25-15-8-10-16(11-9-15)29-21-17(19(23)27)7-4-12-24-21/h1-7,12,15-16,18,26H,8-11,13H2,(H2,23,27)(H,25,28)/t15?,16?,18-/m0/s1. The van der Waals surface area contributed by atoms with Gasteiger partial charge in [0.2, 0.25) is 11.8 Å². The number of ether oxygens (including phenoxy) is 1. The Morgan fingerprint density at radius 2 is 1.86 bits per heavy atom. The molecule has 1 fully saturated rings. The Bertz CT molecular complexity index is 826. The zero-order valence-electron chi connectivity index (χ0n) is 16.0. The molecule has 7 nitrogen and oxygen atoms in total. The number of hydrogen-bond acceptors (Lipinski definition) is 5. The molecule has 1 saturated carbocycles. The first kappa shape index (κ1) is 21.1. The van der Waals surface area contributed by atoms with Crippen molar-refractivity contribution in [3.8, 4) is 5.88 Å². The number of pyridine rings is 1. The summed E-state index contributed by atoms with van der Waals surface area (Å²) in [6.07, 6.45) is 5.06. The van der Waals surface area contributed by atoms with Crippen molar-refractivity contribution < 1.29 is 14.3 Å². The number of benzene rings is 1. The molecule has 1 heterocycles. The molecule has 1 aliphatic rings. The number of hydrogen-bond donors (Lipinski definition) is 3. The number of carbonyl (C=O) groups is 2. The van der Waals surface area contributed by atoms with E-state index in [0.29, 0.717) is 6.42 Å². The van der Waals surface area contributed by atoms with Crippen LogP contribution in [0.1, 0.15) is 41.6 Å². The van der Waals surface area contributed by atoms with Crippen molar-refractivity contribution >= 4 is 23.6 Å². The van der Waals surface area contributed by atoms with Crippen LogP contribution in [0.2, 0.25) is 0 Å². The van der Waals surface area contributed by atoms with Gasteiger partial charge in [0, 0.05) is 12.2 Å². The number of nitrogens with one attached hydrogen (secondary N) is 2. The van der Waals surface area contributed by atoms with Crippen LogP contribution in [0.4, 0.5) is 0 Å². The maximum Gasteiger partial charge on any atom is 0.254 e. The van der Waals surface area contributed by atoms with Crippen LogP contribution >= 0.6 is 11.8 Å². The quantitative estimate of drug-likeness (QED) is 0.572. The minimum absolute atomic E-state index is 0.0602. The van der Waals surface area contributed by atoms with Crippen LogP contribution in [0.5, 0.6) is 5.88 Å². The van der Waals surface area contributed by atoms with Crippen molar-refractivity contribution in [1.29, 1.82) is 0 Å². The molecular weight excluding hydrogens is 392 g/mol. The summed E-state index contributed by atoms with van der Waals surface area (Å²) >= 11 is 5.81. The number of aromatic nitrogens is 1. The van der Waals surface area contributed by atoms with Crippen LogP contribution in [-0.2, 0) is 11.2 Å². The van der Waals surface area contributed by atoms with Gasteiger partial charge in [0.05, 0.1) is 0 Å². The van der Waals surface area contributed by atoms with E-state index in [2.05, 4.69) is 15.1 Å². The maximum absolute atomic E-state index is 12.6. The van der Waals surface area contributed by atoms with Gasteiger partial charge in [-0.05, 0) is 61.6 Å². The van der Waals surface area contributed by atoms with Gasteiger partial charge in [-0.2, -0.15) is 0 Å². The van der Waals surface area contributed by atoms with Gasteiger partial charge < -0.3 is 15.8 Å². The number of primary amides is 1. The summed E-state index contributed by atoms with van der Waals surface area (Å²) < 4.78 is 5.89. The minimum atomic E-state index is -0.563. The predicted molar refractivity (Wildman–Crippen MR) is 110 cm³/mol. The highest BCUT2D eigenvalue weighted by molar-refractivity contribution is 6.15. The van der Waals surface area contributed by atoms with Crippen molar-refractivity contribution in [2.75, 3.05) is 0 Å². The molecule has 1 aromatic heterocycles. The molecule has 1 atom stereocenters. The molecule has 0 bridgehead atoms. The van der Waals surface area contributed by atoms with Gasteiger partial charge in [-0.25, -0.2) is 9.82 Å². The summed E-state index contributed by atoms with van der Waals surface area (Å²) in [5.74, 6) is -0.414. The summed E-state index contributed by atoms with van der Waals surface area (Å²) in [5.41, 5.74) is 6.69. The van der Waals surface area contributed by atoms with Gasteiger partial charge >= 0.3 is 0 Å². The minimum Gasteiger partial charge on any atom is -0.474 e. The predicted octanol–water partition coefficient (Wildman–Crippen LogP) is 2.34. The van der Waals surface area contributed by atoms with E-state index in [9.17, 15) is 9.59 Å². The van der Waals surface area contributed by atoms with E-state index in [1.54, 1.807) is 18.3 Å². The fraction of sp³-hybridized carbons (Fsp3) is 0.381. The molecule has 0 saturated heterocycles. The molecule has 29 heavy (non-hydrogen) atoms. The summed E-state index contributed by atoms with van der Waals surface area (Å²) in [5, 5.41) is 3.07. The highest BCUT2D eigenvalue weighted by atomic mass is 35.5. The van der Waals surface area contributed by atoms with E-state index < -0.39 is 11.9 Å². The Kier molecular flexibility index (Phi) is 7.43. The summed E-state index contributed by atoms with van der Waals surface area (Å²) in [7, 11) is 0. The van der Waals surface area contributed by atoms with Crippen LogP contribution in [0.15, 0.2) is 48.7 Å². The molecule has 0 aliphatic heterocycles. The van der Waals surface area contributed by atoms with Crippen molar-refractivity contribution in [2.45, 2.75) is 50.3 Å². The number of halogens is 1. The molecular formula is C21H25ClN4O3. The summed E-state index contributed by atoms with van der Waals surface area (Å²) in [6, 6.07) is 12.5. The Hall–Kier alpha value is -2.64. The lowest BCUT2D eigenvalue weighted by Gasteiger charge is -2.30. The fourth-order valence-electron chi connectivity index (χ4n) is 3.49. The third kappa shape index (κ3) is 5.92. The molecule has 0 unspecified atom stereocenters. The van der Waals surface area contributed by atoms with Crippen molar-refractivity contribution in [3.63, 3.8) is 0 Å². The number of nitrogens with zero attached hydrogens (tertiary/aromatic N) is 1. The molecule has 8 heteroatoms. The maximum atomic E-state index is 12.6. The summed E-state index contributed by atoms with van der Waals surface area (Å²) in [6.45, 7) is 0. The monoisotopic (exact) mass is 416 g/mol. The van der Waals surface area contributed by atoms with Crippen LogP contribution in [0, 0.1) is 0 Å². The average Bonchev–Trinajstić information content (AvgIpc) is 2.74. The normalized spacial score (nSPS) is 19.9. The van der Waals surface area contributed by atoms with E-state index in [0.717, 1.165) is 31.2 Å². The van der Waals surface area contributed by atoms with E-state index in [1.165, 1.54) is 0 Å². The molecule has 1 aliphatic carbocycles. The molecule has 2 aromatic rings. The molecule has 0 radical (unpaired) electrons. The Morgan fingerprint density at radius 3 is 2.52 bits per heavy atom. The number of nitrogens with two attached hydrogens (primary N) is 1. The lowest BCUT2D eigenvalue weighted by molar-refractivity contribution is -0.123. The van der Waals surface area contributed by atoms with E-state index in [4.69, 9.17) is 22.2 Å². The van der Waals surface area contributed by atoms with Crippen LogP contribution < -0.4 is 20.6 Å². The Labute approximate surface area is 175 Å². The zero-order valence-corrected chi connectivity index (χ0v) is 16.8. The third-order valence-corrected chi connectivity index (χ3v) is 5.33. The smallest absolute Gasteiger partial charge is 0.254 e. The molecule has 4 N–H and O–H groups in total. The Morgan fingerprint density at radius 1 is 1.14 bits per heavy atom. The van der Waals surface area contributed by atoms with E-state index in [-0.39, 0.29) is 29.5 Å². The van der Waals surface area contributed by atoms with Gasteiger partial charge in [0.25, 0.3) is 5.91 Å². The second-order valence-corrected chi connectivity index (χ2v) is 7.39. The lowest BCUT2D eigenvalue weighted by Crippen LogP contribution is -2.48. The van der Waals surface area contributed by atoms with Gasteiger partial charge in [-0.1, -0.05) is 30.3 Å². The van der Waals surface area contributed by atoms with E-state index >= 15 is 0 Å². The van der Waals surface area contributed by atoms with Gasteiger partial charge in [0.15, 0.2) is 0 Å². The third-order valence-electron chi connectivity index (χ3n) is 5.07. The largest absolute Gasteiger partial charge is 0.474 e. The molecule has 154 valence electrons. The molecule has 2 amide bonds. The fourth-order valence-corrected chi connectivity index (χ4v) is 3.66. The topological polar surface area (TPSA) is 106 Å². The first-order chi connectivity index (χ1) is 14.1. The average molecular weight is 417 g/mol. The van der Waals surface area contributed by atoms with Gasteiger partial charge in [-0.3, -0.25) is 9.59 Å². The van der Waals surface area contributed by atoms with Crippen molar-refractivity contribution in [3.05, 3.63) is 59.8 Å². The van der Waals surface area contributed by atoms with Crippen molar-refractivity contribution in [1.82, 2.24) is 15.1 Å². The van der Waals surface area contributed by atoms with E-state index in [1.807, 2.05) is 30.3 Å². The highest BCUT2D eigenvalue weighted by Gasteiger charge is 2.27. The first-order valence-electron chi connectivity index (χ1n) is 9.68. The second kappa shape index (κ2) is 10.2. The summed E-state index contributed by atoms with van der Waals surface area (Å²) in [4.78, 5) is 30.8. The van der Waals surface area contributed by atoms with Gasteiger partial charge in [0.1, 0.15) is 17.7 Å². The SMILES string of the molecule is NC(=O)c1cccnc1OC1CCC(NC(=O)[C@H](Cc2ccccc2)NCl)CC1.